The van der Waals surface area contributed by atoms with E-state index in [9.17, 15) is 28.8 Å². The van der Waals surface area contributed by atoms with E-state index in [0.29, 0.717) is 119 Å². The second-order valence-electron chi connectivity index (χ2n) is 20.3. The first-order valence-corrected chi connectivity index (χ1v) is 28.3. The molecule has 0 aliphatic heterocycles. The molecule has 2 saturated carbocycles. The van der Waals surface area contributed by atoms with E-state index >= 15 is 0 Å². The van der Waals surface area contributed by atoms with Gasteiger partial charge in [0.1, 0.15) is 28.7 Å². The van der Waals surface area contributed by atoms with Crippen LogP contribution in [0.25, 0.3) is 10.8 Å². The number of benzene rings is 5. The van der Waals surface area contributed by atoms with E-state index in [1.165, 1.54) is 0 Å². The van der Waals surface area contributed by atoms with Crippen LogP contribution in [0.3, 0.4) is 0 Å². The molecule has 16 nitrogen and oxygen atoms in total. The minimum absolute atomic E-state index is 0.131. The Morgan fingerprint density at radius 3 is 1.44 bits per heavy atom. The highest BCUT2D eigenvalue weighted by molar-refractivity contribution is 5.94. The number of esters is 6. The van der Waals surface area contributed by atoms with Gasteiger partial charge in [-0.05, 0) is 180 Å². The van der Waals surface area contributed by atoms with E-state index in [0.717, 1.165) is 85.5 Å². The molecule has 0 amide bonds. The van der Waals surface area contributed by atoms with Crippen LogP contribution in [0, 0.1) is 23.7 Å². The van der Waals surface area contributed by atoms with Gasteiger partial charge >= 0.3 is 35.8 Å². The van der Waals surface area contributed by atoms with E-state index in [-0.39, 0.29) is 42.3 Å². The Bertz CT molecular complexity index is 2900. The van der Waals surface area contributed by atoms with Crippen molar-refractivity contribution in [2.24, 2.45) is 28.8 Å². The van der Waals surface area contributed by atoms with Crippen LogP contribution in [-0.2, 0) is 49.4 Å². The molecule has 2 fully saturated rings. The Kier molecular flexibility index (Phi) is 24.4. The first-order chi connectivity index (χ1) is 39.5. The fourth-order valence-electron chi connectivity index (χ4n) is 9.72. The largest absolute Gasteiger partial charge is 0.494 e. The predicted octanol–water partition coefficient (Wildman–Crippen LogP) is 12.4. The van der Waals surface area contributed by atoms with E-state index < -0.39 is 23.8 Å². The highest BCUT2D eigenvalue weighted by Gasteiger charge is 2.34. The molecule has 81 heavy (non-hydrogen) atoms. The molecule has 0 aromatic heterocycles. The number of hydrazone groups is 1. The lowest BCUT2D eigenvalue weighted by Crippen LogP contribution is -2.30. The maximum Gasteiger partial charge on any atom is 0.330 e. The first kappa shape index (κ1) is 60.4. The van der Waals surface area contributed by atoms with Gasteiger partial charge in [-0.2, -0.15) is 5.10 Å². The number of ether oxygens (including phenoxy) is 8. The summed E-state index contributed by atoms with van der Waals surface area (Å²) >= 11 is 0. The van der Waals surface area contributed by atoms with Gasteiger partial charge in [-0.3, -0.25) is 24.6 Å². The van der Waals surface area contributed by atoms with Gasteiger partial charge in [-0.1, -0.05) is 55.6 Å². The number of unbranched alkanes of at least 4 members (excludes halogenated alkanes) is 6. The first-order valence-electron chi connectivity index (χ1n) is 28.3. The quantitative estimate of drug-likeness (QED) is 0.00835. The van der Waals surface area contributed by atoms with Crippen molar-refractivity contribution < 1.29 is 66.7 Å². The van der Waals surface area contributed by atoms with Gasteiger partial charge in [0.15, 0.2) is 0 Å². The lowest BCUT2D eigenvalue weighted by molar-refractivity contribution is -0.152. The number of carbonyl (C=O) groups is 6. The minimum Gasteiger partial charge on any atom is -0.494 e. The molecule has 0 atom stereocenters. The second kappa shape index (κ2) is 32.7. The summed E-state index contributed by atoms with van der Waals surface area (Å²) in [4.78, 5) is 75.6. The Hall–Kier alpha value is -8.27. The zero-order valence-electron chi connectivity index (χ0n) is 46.1. The van der Waals surface area contributed by atoms with Gasteiger partial charge < -0.3 is 37.9 Å². The molecule has 0 spiro atoms. The number of fused-ring (bicyclic) bond motifs is 1. The van der Waals surface area contributed by atoms with Crippen molar-refractivity contribution >= 4 is 58.5 Å². The monoisotopic (exact) mass is 1110 g/mol. The number of nitrogens with zero attached hydrogens (tertiary/aromatic N) is 1. The number of anilines is 1. The highest BCUT2D eigenvalue weighted by atomic mass is 16.6. The molecular weight excluding hydrogens is 1030 g/mol. The summed E-state index contributed by atoms with van der Waals surface area (Å²) in [7, 11) is 0. The molecule has 0 bridgehead atoms. The number of nitrogens with one attached hydrogen (secondary N) is 1. The smallest absolute Gasteiger partial charge is 0.330 e. The van der Waals surface area contributed by atoms with Crippen molar-refractivity contribution in [2.75, 3.05) is 38.5 Å². The summed E-state index contributed by atoms with van der Waals surface area (Å²) in [5.41, 5.74) is 5.34. The van der Waals surface area contributed by atoms with Crippen molar-refractivity contribution in [1.29, 1.82) is 0 Å². The van der Waals surface area contributed by atoms with E-state index in [2.05, 4.69) is 23.7 Å². The van der Waals surface area contributed by atoms with Crippen molar-refractivity contribution in [2.45, 2.75) is 109 Å². The predicted molar refractivity (Wildman–Crippen MR) is 307 cm³/mol. The van der Waals surface area contributed by atoms with Crippen LogP contribution in [0.2, 0.25) is 0 Å². The van der Waals surface area contributed by atoms with Crippen LogP contribution < -0.4 is 29.1 Å². The lowest BCUT2D eigenvalue weighted by atomic mass is 9.82. The molecule has 0 saturated heterocycles. The fraction of sp³-hybridized carbons (Fsp3) is 0.400. The number of hydrogen-bond donors (Lipinski definition) is 1. The topological polar surface area (TPSA) is 201 Å². The van der Waals surface area contributed by atoms with Gasteiger partial charge in [0, 0.05) is 29.5 Å². The van der Waals surface area contributed by atoms with E-state index in [1.807, 2.05) is 54.6 Å². The fourth-order valence-corrected chi connectivity index (χ4v) is 9.72. The molecule has 5 aromatic carbocycles. The zero-order valence-corrected chi connectivity index (χ0v) is 46.1. The summed E-state index contributed by atoms with van der Waals surface area (Å²) in [5.74, 6) is -1.09. The number of rotatable bonds is 31. The van der Waals surface area contributed by atoms with Crippen molar-refractivity contribution in [3.8, 4) is 28.7 Å². The molecule has 428 valence electrons. The van der Waals surface area contributed by atoms with Crippen LogP contribution >= 0.6 is 0 Å². The molecule has 0 unspecified atom stereocenters. The van der Waals surface area contributed by atoms with Gasteiger partial charge in [0.25, 0.3) is 0 Å². The zero-order chi connectivity index (χ0) is 57.0. The summed E-state index contributed by atoms with van der Waals surface area (Å²) < 4.78 is 44.9. The standard InChI is InChI=1S/C65H74N2O14/c1-3-60(68)76-41-13-7-5-11-39-74-53-29-33-55(34-30-53)79-63(71)49-23-21-48(22-24-49)62(70)78-43-38-46-20-37-59(52(44-46)45-66-67-58-19-15-17-47-16-9-10-18-57(47)58)81-65(73)51-27-25-50(26-28-51)64(72)80-56-35-31-54(32-36-56)75-40-12-6-8-14-42-77-61(69)4-2/h3-4,9-10,15-20,29-37,44-45,48-51,67H,1-2,5-8,11-14,21-28,38-43H2/b66-45+. The van der Waals surface area contributed by atoms with Crippen LogP contribution in [-0.4, -0.2) is 75.1 Å². The highest BCUT2D eigenvalue weighted by Crippen LogP contribution is 2.34. The average Bonchev–Trinajstić information content (AvgIpc) is 3.49. The Balaban J connectivity index is 0.837. The van der Waals surface area contributed by atoms with Gasteiger partial charge in [-0.25, -0.2) is 9.59 Å². The van der Waals surface area contributed by atoms with Crippen LogP contribution in [0.1, 0.15) is 114 Å². The summed E-state index contributed by atoms with van der Waals surface area (Å²) in [6.45, 7) is 8.74. The van der Waals surface area contributed by atoms with Gasteiger partial charge in [0.05, 0.1) is 68.6 Å². The SMILES string of the molecule is C=CC(=O)OCCCCCCOc1ccc(OC(=O)C2CCC(C(=O)OCCc3ccc(OC(=O)C4CCC(C(=O)Oc5ccc(OCCCCCCOC(=O)C=C)cc5)CC4)c(/C=N/Nc4cccc5ccccc45)c3)CC2)cc1. The molecular formula is C65H74N2O14. The summed E-state index contributed by atoms with van der Waals surface area (Å²) in [6, 6.07) is 33.2. The van der Waals surface area contributed by atoms with E-state index in [1.54, 1.807) is 60.8 Å². The third-order valence-electron chi connectivity index (χ3n) is 14.4. The van der Waals surface area contributed by atoms with Crippen molar-refractivity contribution in [3.63, 3.8) is 0 Å². The molecule has 2 aliphatic carbocycles. The molecule has 5 aromatic rings. The Morgan fingerprint density at radius 2 is 0.926 bits per heavy atom. The maximum atomic E-state index is 13.7. The third-order valence-corrected chi connectivity index (χ3v) is 14.4. The van der Waals surface area contributed by atoms with Crippen molar-refractivity contribution in [3.05, 3.63) is 146 Å². The molecule has 2 aliphatic rings. The minimum atomic E-state index is -0.417. The maximum absolute atomic E-state index is 13.7. The number of carbonyl (C=O) groups excluding carboxylic acids is 6. The molecule has 16 heteroatoms. The third kappa shape index (κ3) is 20.1. The second-order valence-corrected chi connectivity index (χ2v) is 20.3. The summed E-state index contributed by atoms with van der Waals surface area (Å²) in [6.07, 6.45) is 15.2. The molecule has 7 rings (SSSR count). The van der Waals surface area contributed by atoms with Crippen LogP contribution in [0.15, 0.2) is 140 Å². The molecule has 0 radical (unpaired) electrons. The lowest BCUT2D eigenvalue weighted by Gasteiger charge is -2.26. The van der Waals surface area contributed by atoms with Crippen LogP contribution in [0.5, 0.6) is 28.7 Å². The van der Waals surface area contributed by atoms with E-state index in [4.69, 9.17) is 37.9 Å². The number of hydrogen-bond acceptors (Lipinski definition) is 16. The Morgan fingerprint density at radius 1 is 0.469 bits per heavy atom. The normalized spacial score (nSPS) is 16.8. The van der Waals surface area contributed by atoms with Gasteiger partial charge in [0.2, 0.25) is 0 Å². The molecule has 0 heterocycles. The van der Waals surface area contributed by atoms with Gasteiger partial charge in [-0.15, -0.1) is 0 Å². The van der Waals surface area contributed by atoms with Crippen LogP contribution in [0.4, 0.5) is 5.69 Å². The Labute approximate surface area is 474 Å². The molecule has 1 N–H and O–H groups in total. The summed E-state index contributed by atoms with van der Waals surface area (Å²) in [5, 5.41) is 6.60. The van der Waals surface area contributed by atoms with Crippen molar-refractivity contribution in [1.82, 2.24) is 0 Å². The average molecular weight is 1110 g/mol.